The topological polar surface area (TPSA) is 37.8 Å². The third-order valence-electron chi connectivity index (χ3n) is 3.23. The summed E-state index contributed by atoms with van der Waals surface area (Å²) in [5.74, 6) is 1.53. The van der Waals surface area contributed by atoms with E-state index in [1.54, 1.807) is 0 Å². The zero-order valence-electron chi connectivity index (χ0n) is 12.6. The lowest BCUT2D eigenvalue weighted by Gasteiger charge is -2.14. The van der Waals surface area contributed by atoms with E-state index in [1.807, 2.05) is 40.8 Å². The number of aryl methyl sites for hydroxylation is 1. The standard InChI is InChI=1S/C16H20FN3/c1-9(2)15-19-14(11(4)16(18-5)20-15)12-6-10(3)7-13(17)8-12/h6-9H,1-5H3,(H,18,19,20). The summed E-state index contributed by atoms with van der Waals surface area (Å²) in [7, 11) is 1.83. The predicted octanol–water partition coefficient (Wildman–Crippen LogP) is 4.06. The van der Waals surface area contributed by atoms with Gasteiger partial charge in [0, 0.05) is 24.1 Å². The lowest BCUT2D eigenvalue weighted by molar-refractivity contribution is 0.627. The van der Waals surface area contributed by atoms with E-state index in [-0.39, 0.29) is 11.7 Å². The summed E-state index contributed by atoms with van der Waals surface area (Å²) < 4.78 is 13.6. The van der Waals surface area contributed by atoms with Crippen LogP contribution < -0.4 is 5.32 Å². The largest absolute Gasteiger partial charge is 0.373 e. The molecule has 0 spiro atoms. The molecule has 106 valence electrons. The van der Waals surface area contributed by atoms with Gasteiger partial charge in [0.05, 0.1) is 5.69 Å². The molecule has 20 heavy (non-hydrogen) atoms. The lowest BCUT2D eigenvalue weighted by Crippen LogP contribution is -2.06. The first kappa shape index (κ1) is 14.4. The Labute approximate surface area is 119 Å². The number of anilines is 1. The number of hydrogen-bond donors (Lipinski definition) is 1. The monoisotopic (exact) mass is 273 g/mol. The van der Waals surface area contributed by atoms with Gasteiger partial charge < -0.3 is 5.32 Å². The van der Waals surface area contributed by atoms with Gasteiger partial charge in [0.15, 0.2) is 0 Å². The number of aromatic nitrogens is 2. The number of benzene rings is 1. The van der Waals surface area contributed by atoms with E-state index in [0.29, 0.717) is 0 Å². The van der Waals surface area contributed by atoms with Crippen LogP contribution in [-0.2, 0) is 0 Å². The number of rotatable bonds is 3. The second kappa shape index (κ2) is 5.57. The summed E-state index contributed by atoms with van der Waals surface area (Å²) in [6.07, 6.45) is 0. The predicted molar refractivity (Wildman–Crippen MR) is 80.5 cm³/mol. The van der Waals surface area contributed by atoms with Crippen LogP contribution in [0.5, 0.6) is 0 Å². The smallest absolute Gasteiger partial charge is 0.133 e. The molecule has 0 atom stereocenters. The lowest BCUT2D eigenvalue weighted by atomic mass is 10.0. The van der Waals surface area contributed by atoms with E-state index in [9.17, 15) is 4.39 Å². The fourth-order valence-electron chi connectivity index (χ4n) is 2.19. The van der Waals surface area contributed by atoms with Crippen LogP contribution in [0.3, 0.4) is 0 Å². The molecule has 0 saturated heterocycles. The molecule has 0 saturated carbocycles. The van der Waals surface area contributed by atoms with E-state index in [1.165, 1.54) is 12.1 Å². The highest BCUT2D eigenvalue weighted by molar-refractivity contribution is 5.68. The van der Waals surface area contributed by atoms with Crippen LogP contribution in [0.1, 0.15) is 36.7 Å². The van der Waals surface area contributed by atoms with E-state index in [2.05, 4.69) is 15.3 Å². The van der Waals surface area contributed by atoms with Crippen LogP contribution in [-0.4, -0.2) is 17.0 Å². The fourth-order valence-corrected chi connectivity index (χ4v) is 2.19. The van der Waals surface area contributed by atoms with Crippen molar-refractivity contribution >= 4 is 5.82 Å². The Bertz CT molecular complexity index is 616. The van der Waals surface area contributed by atoms with E-state index < -0.39 is 0 Å². The molecule has 1 aromatic carbocycles. The van der Waals surface area contributed by atoms with Crippen molar-refractivity contribution in [3.05, 3.63) is 41.0 Å². The van der Waals surface area contributed by atoms with Gasteiger partial charge in [0.1, 0.15) is 17.5 Å². The molecule has 4 heteroatoms. The van der Waals surface area contributed by atoms with Crippen molar-refractivity contribution in [2.75, 3.05) is 12.4 Å². The quantitative estimate of drug-likeness (QED) is 0.916. The van der Waals surface area contributed by atoms with Gasteiger partial charge in [-0.2, -0.15) is 0 Å². The minimum atomic E-state index is -0.241. The molecule has 0 fully saturated rings. The number of nitrogens with one attached hydrogen (secondary N) is 1. The van der Waals surface area contributed by atoms with Crippen LogP contribution in [0.15, 0.2) is 18.2 Å². The van der Waals surface area contributed by atoms with Crippen molar-refractivity contribution in [3.8, 4) is 11.3 Å². The van der Waals surface area contributed by atoms with Gasteiger partial charge >= 0.3 is 0 Å². The maximum atomic E-state index is 13.6. The molecule has 1 aromatic heterocycles. The van der Waals surface area contributed by atoms with Gasteiger partial charge in [-0.25, -0.2) is 14.4 Å². The molecule has 0 radical (unpaired) electrons. The van der Waals surface area contributed by atoms with Crippen molar-refractivity contribution in [1.29, 1.82) is 0 Å². The van der Waals surface area contributed by atoms with Crippen molar-refractivity contribution in [2.45, 2.75) is 33.6 Å². The van der Waals surface area contributed by atoms with Gasteiger partial charge in [0.25, 0.3) is 0 Å². The number of halogens is 1. The maximum absolute atomic E-state index is 13.6. The summed E-state index contributed by atoms with van der Waals surface area (Å²) >= 11 is 0. The molecule has 2 aromatic rings. The average molecular weight is 273 g/mol. The summed E-state index contributed by atoms with van der Waals surface area (Å²) in [5, 5.41) is 3.09. The second-order valence-corrected chi connectivity index (χ2v) is 5.33. The van der Waals surface area contributed by atoms with Gasteiger partial charge in [-0.15, -0.1) is 0 Å². The molecule has 0 bridgehead atoms. The van der Waals surface area contributed by atoms with Crippen molar-refractivity contribution in [3.63, 3.8) is 0 Å². The van der Waals surface area contributed by atoms with Gasteiger partial charge in [-0.05, 0) is 37.6 Å². The SMILES string of the molecule is CNc1nc(C(C)C)nc(-c2cc(C)cc(F)c2)c1C. The zero-order valence-corrected chi connectivity index (χ0v) is 12.6. The van der Waals surface area contributed by atoms with Crippen molar-refractivity contribution in [2.24, 2.45) is 0 Å². The summed E-state index contributed by atoms with van der Waals surface area (Å²) in [6.45, 7) is 7.92. The highest BCUT2D eigenvalue weighted by Crippen LogP contribution is 2.28. The molecule has 0 unspecified atom stereocenters. The molecule has 0 amide bonds. The van der Waals surface area contributed by atoms with Crippen LogP contribution >= 0.6 is 0 Å². The summed E-state index contributed by atoms with van der Waals surface area (Å²) in [5.41, 5.74) is 3.40. The van der Waals surface area contributed by atoms with Crippen LogP contribution in [0, 0.1) is 19.7 Å². The molecule has 1 N–H and O–H groups in total. The molecule has 1 heterocycles. The van der Waals surface area contributed by atoms with Crippen LogP contribution in [0.4, 0.5) is 10.2 Å². The summed E-state index contributed by atoms with van der Waals surface area (Å²) in [6, 6.07) is 4.98. The normalized spacial score (nSPS) is 10.9. The zero-order chi connectivity index (χ0) is 14.9. The van der Waals surface area contributed by atoms with Crippen LogP contribution in [0.2, 0.25) is 0 Å². The minimum Gasteiger partial charge on any atom is -0.373 e. The van der Waals surface area contributed by atoms with Gasteiger partial charge in [-0.1, -0.05) is 13.8 Å². The molecule has 3 nitrogen and oxygen atoms in total. The Hall–Kier alpha value is -1.97. The second-order valence-electron chi connectivity index (χ2n) is 5.33. The first-order chi connectivity index (χ1) is 9.42. The van der Waals surface area contributed by atoms with Gasteiger partial charge in [-0.3, -0.25) is 0 Å². The van der Waals surface area contributed by atoms with Crippen molar-refractivity contribution in [1.82, 2.24) is 9.97 Å². The maximum Gasteiger partial charge on any atom is 0.133 e. The number of nitrogens with zero attached hydrogens (tertiary/aromatic N) is 2. The molecule has 0 aliphatic carbocycles. The Balaban J connectivity index is 2.68. The first-order valence-corrected chi connectivity index (χ1v) is 6.76. The van der Waals surface area contributed by atoms with E-state index in [0.717, 1.165) is 34.0 Å². The average Bonchev–Trinajstić information content (AvgIpc) is 2.37. The first-order valence-electron chi connectivity index (χ1n) is 6.76. The van der Waals surface area contributed by atoms with Crippen LogP contribution in [0.25, 0.3) is 11.3 Å². The Kier molecular flexibility index (Phi) is 4.02. The molecular weight excluding hydrogens is 253 g/mol. The van der Waals surface area contributed by atoms with E-state index in [4.69, 9.17) is 0 Å². The summed E-state index contributed by atoms with van der Waals surface area (Å²) in [4.78, 5) is 9.12. The van der Waals surface area contributed by atoms with E-state index >= 15 is 0 Å². The Morgan fingerprint density at radius 1 is 1.10 bits per heavy atom. The molecule has 0 aliphatic heterocycles. The highest BCUT2D eigenvalue weighted by atomic mass is 19.1. The Morgan fingerprint density at radius 3 is 2.35 bits per heavy atom. The van der Waals surface area contributed by atoms with Crippen molar-refractivity contribution < 1.29 is 4.39 Å². The Morgan fingerprint density at radius 2 is 1.80 bits per heavy atom. The van der Waals surface area contributed by atoms with Gasteiger partial charge in [0.2, 0.25) is 0 Å². The highest BCUT2D eigenvalue weighted by Gasteiger charge is 2.14. The molecule has 0 aliphatic rings. The fraction of sp³-hybridized carbons (Fsp3) is 0.375. The third-order valence-corrected chi connectivity index (χ3v) is 3.23. The minimum absolute atomic E-state index is 0.219. The number of hydrogen-bond acceptors (Lipinski definition) is 3. The molecule has 2 rings (SSSR count). The third kappa shape index (κ3) is 2.79. The molecular formula is C16H20FN3.